The Labute approximate surface area is 194 Å². The smallest absolute Gasteiger partial charge is 0.296 e. The first-order valence-corrected chi connectivity index (χ1v) is 11.0. The van der Waals surface area contributed by atoms with Gasteiger partial charge in [0.1, 0.15) is 17.1 Å². The highest BCUT2D eigenvalue weighted by Gasteiger charge is 2.45. The Balaban J connectivity index is 1.77. The molecule has 0 saturated carbocycles. The van der Waals surface area contributed by atoms with Crippen LogP contribution in [-0.4, -0.2) is 17.7 Å². The molecule has 0 aliphatic carbocycles. The molecule has 5 rings (SSSR count). The van der Waals surface area contributed by atoms with Crippen LogP contribution in [-0.2, 0) is 0 Å². The van der Waals surface area contributed by atoms with Crippen molar-refractivity contribution in [3.05, 3.63) is 85.9 Å². The Morgan fingerprint density at radius 3 is 2.70 bits per heavy atom. The van der Waals surface area contributed by atoms with Gasteiger partial charge in [-0.05, 0) is 55.7 Å². The van der Waals surface area contributed by atoms with Gasteiger partial charge in [0.05, 0.1) is 23.6 Å². The van der Waals surface area contributed by atoms with Gasteiger partial charge in [0, 0.05) is 11.1 Å². The number of aromatic nitrogens is 1. The lowest BCUT2D eigenvalue weighted by Gasteiger charge is -2.22. The molecule has 0 radical (unpaired) electrons. The highest BCUT2D eigenvalue weighted by molar-refractivity contribution is 6.32. The van der Waals surface area contributed by atoms with Gasteiger partial charge < -0.3 is 13.7 Å². The highest BCUT2D eigenvalue weighted by Crippen LogP contribution is 2.42. The van der Waals surface area contributed by atoms with Crippen LogP contribution in [0, 0.1) is 13.8 Å². The first kappa shape index (κ1) is 21.3. The summed E-state index contributed by atoms with van der Waals surface area (Å²) in [7, 11) is 0. The fourth-order valence-corrected chi connectivity index (χ4v) is 4.27. The number of benzene rings is 2. The maximum atomic E-state index is 13.7. The van der Waals surface area contributed by atoms with Crippen molar-refractivity contribution < 1.29 is 18.5 Å². The van der Waals surface area contributed by atoms with Crippen LogP contribution in [0.1, 0.15) is 52.4 Å². The Kier molecular flexibility index (Phi) is 5.21. The first-order valence-electron chi connectivity index (χ1n) is 10.7. The summed E-state index contributed by atoms with van der Waals surface area (Å²) in [6, 6.07) is 11.5. The number of hydrogen-bond donors (Lipinski definition) is 0. The fourth-order valence-electron chi connectivity index (χ4n) is 4.11. The third-order valence-corrected chi connectivity index (χ3v) is 6.07. The van der Waals surface area contributed by atoms with Crippen LogP contribution in [0.3, 0.4) is 0 Å². The van der Waals surface area contributed by atoms with Crippen molar-refractivity contribution in [1.82, 2.24) is 5.16 Å². The largest absolute Gasteiger partial charge is 0.494 e. The monoisotopic (exact) mass is 464 g/mol. The van der Waals surface area contributed by atoms with E-state index in [2.05, 4.69) is 5.16 Å². The van der Waals surface area contributed by atoms with Crippen LogP contribution in [0.15, 0.2) is 56.2 Å². The molecule has 0 N–H and O–H groups in total. The van der Waals surface area contributed by atoms with Gasteiger partial charge in [0.15, 0.2) is 11.2 Å². The predicted molar refractivity (Wildman–Crippen MR) is 124 cm³/mol. The molecular formula is C25H21ClN2O5. The van der Waals surface area contributed by atoms with Crippen LogP contribution >= 0.6 is 11.6 Å². The van der Waals surface area contributed by atoms with Gasteiger partial charge >= 0.3 is 0 Å². The van der Waals surface area contributed by atoms with Gasteiger partial charge in [-0.3, -0.25) is 14.5 Å². The molecular weight excluding hydrogens is 444 g/mol. The molecule has 0 fully saturated rings. The third-order valence-electron chi connectivity index (χ3n) is 5.66. The summed E-state index contributed by atoms with van der Waals surface area (Å²) < 4.78 is 17.0. The van der Waals surface area contributed by atoms with E-state index in [1.54, 1.807) is 25.1 Å². The van der Waals surface area contributed by atoms with Crippen molar-refractivity contribution in [2.24, 2.45) is 0 Å². The molecule has 3 heterocycles. The van der Waals surface area contributed by atoms with Crippen LogP contribution < -0.4 is 15.1 Å². The summed E-state index contributed by atoms with van der Waals surface area (Å²) in [5, 5.41) is 4.81. The zero-order chi connectivity index (χ0) is 23.3. The van der Waals surface area contributed by atoms with E-state index < -0.39 is 11.9 Å². The van der Waals surface area contributed by atoms with Crippen molar-refractivity contribution in [2.75, 3.05) is 11.5 Å². The van der Waals surface area contributed by atoms with E-state index in [4.69, 9.17) is 25.3 Å². The highest BCUT2D eigenvalue weighted by atomic mass is 35.5. The van der Waals surface area contributed by atoms with Gasteiger partial charge in [-0.1, -0.05) is 35.8 Å². The van der Waals surface area contributed by atoms with E-state index >= 15 is 0 Å². The van der Waals surface area contributed by atoms with Gasteiger partial charge in [-0.15, -0.1) is 0 Å². The number of rotatable bonds is 5. The maximum absolute atomic E-state index is 13.7. The lowest BCUT2D eigenvalue weighted by molar-refractivity contribution is 0.0969. The Morgan fingerprint density at radius 2 is 1.97 bits per heavy atom. The van der Waals surface area contributed by atoms with E-state index in [9.17, 15) is 9.59 Å². The van der Waals surface area contributed by atoms with Gasteiger partial charge in [-0.2, -0.15) is 0 Å². The molecule has 2 aromatic carbocycles. The fraction of sp³-hybridized carbons (Fsp3) is 0.240. The Hall–Kier alpha value is -3.58. The molecule has 8 heteroatoms. The summed E-state index contributed by atoms with van der Waals surface area (Å²) in [5.41, 5.74) is 1.68. The molecule has 0 spiro atoms. The van der Waals surface area contributed by atoms with E-state index in [0.29, 0.717) is 45.5 Å². The minimum absolute atomic E-state index is 0.0141. The third kappa shape index (κ3) is 3.49. The molecule has 0 bridgehead atoms. The Bertz CT molecular complexity index is 1460. The summed E-state index contributed by atoms with van der Waals surface area (Å²) in [5.74, 6) is 1.01. The number of amides is 1. The number of anilines is 1. The minimum atomic E-state index is -0.761. The number of halogens is 1. The molecule has 4 aromatic rings. The second kappa shape index (κ2) is 8.08. The van der Waals surface area contributed by atoms with Gasteiger partial charge in [0.25, 0.3) is 5.91 Å². The Morgan fingerprint density at radius 1 is 1.15 bits per heavy atom. The van der Waals surface area contributed by atoms with Gasteiger partial charge in [-0.25, -0.2) is 0 Å². The van der Waals surface area contributed by atoms with E-state index in [1.165, 1.54) is 4.90 Å². The van der Waals surface area contributed by atoms with Crippen LogP contribution in [0.4, 0.5) is 5.82 Å². The van der Waals surface area contributed by atoms with Crippen molar-refractivity contribution in [3.63, 3.8) is 0 Å². The predicted octanol–water partition coefficient (Wildman–Crippen LogP) is 5.59. The molecule has 0 saturated heterocycles. The van der Waals surface area contributed by atoms with E-state index in [-0.39, 0.29) is 16.8 Å². The second-order valence-electron chi connectivity index (χ2n) is 8.07. The normalized spacial score (nSPS) is 15.3. The topological polar surface area (TPSA) is 85.8 Å². The van der Waals surface area contributed by atoms with E-state index in [0.717, 1.165) is 12.0 Å². The lowest BCUT2D eigenvalue weighted by atomic mass is 9.98. The van der Waals surface area contributed by atoms with Crippen molar-refractivity contribution in [3.8, 4) is 5.75 Å². The molecule has 2 aromatic heterocycles. The standard InChI is InChI=1S/C25H21ClN2O5/c1-4-8-31-16-7-5-6-15(11-16)22-21-23(29)17-12-18(26)13(2)9-19(17)32-24(21)25(30)28(22)20-10-14(3)33-27-20/h5-7,9-12,22H,4,8H2,1-3H3/t22-/m1/s1. The number of nitrogens with zero attached hydrogens (tertiary/aromatic N) is 2. The minimum Gasteiger partial charge on any atom is -0.494 e. The van der Waals surface area contributed by atoms with Gasteiger partial charge in [0.2, 0.25) is 5.76 Å². The zero-order valence-electron chi connectivity index (χ0n) is 18.3. The second-order valence-corrected chi connectivity index (χ2v) is 8.47. The average molecular weight is 465 g/mol. The van der Waals surface area contributed by atoms with Crippen molar-refractivity contribution >= 4 is 34.3 Å². The summed E-state index contributed by atoms with van der Waals surface area (Å²) >= 11 is 6.29. The lowest BCUT2D eigenvalue weighted by Crippen LogP contribution is -2.29. The number of fused-ring (bicyclic) bond motifs is 2. The molecule has 1 aliphatic rings. The van der Waals surface area contributed by atoms with Crippen molar-refractivity contribution in [1.29, 1.82) is 0 Å². The molecule has 1 amide bonds. The molecule has 1 aliphatic heterocycles. The summed E-state index contributed by atoms with van der Waals surface area (Å²) in [6.07, 6.45) is 0.856. The SMILES string of the molecule is CCCOc1cccc([C@@H]2c3c(oc4cc(C)c(Cl)cc4c3=O)C(=O)N2c2cc(C)on2)c1. The quantitative estimate of drug-likeness (QED) is 0.382. The number of carbonyl (C=O) groups excluding carboxylic acids is 1. The number of carbonyl (C=O) groups is 1. The first-order chi connectivity index (χ1) is 15.9. The zero-order valence-corrected chi connectivity index (χ0v) is 19.1. The molecule has 168 valence electrons. The van der Waals surface area contributed by atoms with Crippen LogP contribution in [0.2, 0.25) is 5.02 Å². The maximum Gasteiger partial charge on any atom is 0.296 e. The molecule has 1 atom stereocenters. The summed E-state index contributed by atoms with van der Waals surface area (Å²) in [4.78, 5) is 28.7. The average Bonchev–Trinajstić information content (AvgIpc) is 3.35. The number of hydrogen-bond acceptors (Lipinski definition) is 6. The molecule has 7 nitrogen and oxygen atoms in total. The van der Waals surface area contributed by atoms with E-state index in [1.807, 2.05) is 38.1 Å². The van der Waals surface area contributed by atoms with Crippen LogP contribution in [0.5, 0.6) is 5.75 Å². The molecule has 0 unspecified atom stereocenters. The van der Waals surface area contributed by atoms with Crippen molar-refractivity contribution in [2.45, 2.75) is 33.2 Å². The number of ether oxygens (including phenoxy) is 1. The summed E-state index contributed by atoms with van der Waals surface area (Å²) in [6.45, 7) is 6.13. The molecule has 33 heavy (non-hydrogen) atoms. The van der Waals surface area contributed by atoms with Crippen LogP contribution in [0.25, 0.3) is 11.0 Å². The number of aryl methyl sites for hydroxylation is 2.